The van der Waals surface area contributed by atoms with Gasteiger partial charge in [0.1, 0.15) is 5.56 Å². The van der Waals surface area contributed by atoms with Gasteiger partial charge in [0.05, 0.1) is 25.5 Å². The highest BCUT2D eigenvalue weighted by atomic mass is 32.1. The van der Waals surface area contributed by atoms with Crippen LogP contribution in [0.25, 0.3) is 4.96 Å². The summed E-state index contributed by atoms with van der Waals surface area (Å²) < 4.78 is 11.5. The Hall–Kier alpha value is -2.00. The van der Waals surface area contributed by atoms with Crippen LogP contribution in [0.4, 0.5) is 5.13 Å². The summed E-state index contributed by atoms with van der Waals surface area (Å²) in [7, 11) is 0. The predicted octanol–water partition coefficient (Wildman–Crippen LogP) is 0.553. The molecule has 1 aliphatic heterocycles. The number of fused-ring (bicyclic) bond motifs is 1. The summed E-state index contributed by atoms with van der Waals surface area (Å²) in [5.74, 6) is -0.677. The lowest BCUT2D eigenvalue weighted by molar-refractivity contribution is 0.0522. The molecular formula is C13H16N4O4S. The number of morpholine rings is 1. The van der Waals surface area contributed by atoms with E-state index in [1.54, 1.807) is 6.92 Å². The van der Waals surface area contributed by atoms with E-state index in [9.17, 15) is 9.59 Å². The molecule has 3 rings (SSSR count). The molecule has 0 N–H and O–H groups in total. The van der Waals surface area contributed by atoms with Crippen LogP contribution in [0.15, 0.2) is 11.0 Å². The number of nitrogens with zero attached hydrogens (tertiary/aromatic N) is 4. The second-order valence-corrected chi connectivity index (χ2v) is 5.84. The van der Waals surface area contributed by atoms with Crippen molar-refractivity contribution < 1.29 is 14.3 Å². The molecule has 1 aliphatic rings. The van der Waals surface area contributed by atoms with Gasteiger partial charge in [-0.2, -0.15) is 4.52 Å². The Labute approximate surface area is 130 Å². The average molecular weight is 324 g/mol. The molecule has 0 saturated carbocycles. The van der Waals surface area contributed by atoms with E-state index in [0.717, 1.165) is 4.52 Å². The van der Waals surface area contributed by atoms with Gasteiger partial charge in [-0.25, -0.2) is 9.78 Å². The van der Waals surface area contributed by atoms with Crippen LogP contribution in [0, 0.1) is 0 Å². The van der Waals surface area contributed by atoms with Gasteiger partial charge < -0.3 is 14.4 Å². The molecule has 2 aromatic heterocycles. The highest BCUT2D eigenvalue weighted by Crippen LogP contribution is 2.23. The van der Waals surface area contributed by atoms with Gasteiger partial charge in [-0.15, -0.1) is 5.10 Å². The van der Waals surface area contributed by atoms with Crippen molar-refractivity contribution in [2.24, 2.45) is 0 Å². The number of aromatic nitrogens is 3. The van der Waals surface area contributed by atoms with Gasteiger partial charge in [0.15, 0.2) is 0 Å². The largest absolute Gasteiger partial charge is 0.462 e. The fraction of sp³-hybridized carbons (Fsp3) is 0.538. The Morgan fingerprint density at radius 1 is 1.59 bits per heavy atom. The highest BCUT2D eigenvalue weighted by Gasteiger charge is 2.22. The second-order valence-electron chi connectivity index (χ2n) is 4.90. The van der Waals surface area contributed by atoms with Crippen LogP contribution >= 0.6 is 11.3 Å². The van der Waals surface area contributed by atoms with Gasteiger partial charge >= 0.3 is 5.97 Å². The smallest absolute Gasteiger partial charge is 0.345 e. The fourth-order valence-corrected chi connectivity index (χ4v) is 3.14. The zero-order valence-corrected chi connectivity index (χ0v) is 13.1. The maximum absolute atomic E-state index is 12.3. The first-order valence-corrected chi connectivity index (χ1v) is 7.84. The summed E-state index contributed by atoms with van der Waals surface area (Å²) in [4.78, 5) is 30.7. The van der Waals surface area contributed by atoms with Crippen molar-refractivity contribution in [3.05, 3.63) is 22.1 Å². The molecule has 0 aromatic carbocycles. The number of esters is 1. The van der Waals surface area contributed by atoms with Crippen molar-refractivity contribution in [1.82, 2.24) is 14.6 Å². The summed E-state index contributed by atoms with van der Waals surface area (Å²) in [5, 5.41) is 4.99. The summed E-state index contributed by atoms with van der Waals surface area (Å²) in [6.45, 7) is 5.91. The lowest BCUT2D eigenvalue weighted by Gasteiger charge is -2.30. The topological polar surface area (TPSA) is 86.0 Å². The summed E-state index contributed by atoms with van der Waals surface area (Å²) in [6.07, 6.45) is 1.36. The molecule has 22 heavy (non-hydrogen) atoms. The number of hydrogen-bond acceptors (Lipinski definition) is 8. The lowest BCUT2D eigenvalue weighted by atomic mass is 10.3. The third kappa shape index (κ3) is 2.69. The van der Waals surface area contributed by atoms with E-state index in [-0.39, 0.29) is 18.3 Å². The van der Waals surface area contributed by atoms with E-state index in [2.05, 4.69) is 15.0 Å². The minimum Gasteiger partial charge on any atom is -0.462 e. The summed E-state index contributed by atoms with van der Waals surface area (Å²) >= 11 is 1.31. The molecule has 9 heteroatoms. The number of carbonyl (C=O) groups is 1. The number of carbonyl (C=O) groups excluding carboxylic acids is 1. The Morgan fingerprint density at radius 2 is 2.41 bits per heavy atom. The molecule has 1 fully saturated rings. The van der Waals surface area contributed by atoms with E-state index in [1.807, 2.05) is 6.92 Å². The van der Waals surface area contributed by atoms with Crippen molar-refractivity contribution in [3.63, 3.8) is 0 Å². The van der Waals surface area contributed by atoms with Crippen LogP contribution in [-0.2, 0) is 9.47 Å². The molecule has 8 nitrogen and oxygen atoms in total. The molecule has 3 heterocycles. The van der Waals surface area contributed by atoms with Crippen molar-refractivity contribution in [2.45, 2.75) is 20.0 Å². The van der Waals surface area contributed by atoms with Crippen LogP contribution in [-0.4, -0.2) is 53.0 Å². The molecule has 1 saturated heterocycles. The second kappa shape index (κ2) is 6.01. The normalized spacial score (nSPS) is 18.6. The standard InChI is InChI=1S/C13H16N4O4S/c1-3-20-11(19)9-6-14-12-17(10(9)18)15-13(22-12)16-4-5-21-8(2)7-16/h6,8H,3-5,7H2,1-2H3. The highest BCUT2D eigenvalue weighted by molar-refractivity contribution is 7.20. The van der Waals surface area contributed by atoms with Crippen LogP contribution in [0.5, 0.6) is 0 Å². The van der Waals surface area contributed by atoms with Crippen molar-refractivity contribution in [3.8, 4) is 0 Å². The Bertz CT molecular complexity index is 756. The third-order valence-electron chi connectivity index (χ3n) is 3.28. The molecule has 0 bridgehead atoms. The SMILES string of the molecule is CCOC(=O)c1cnc2sc(N3CCOC(C)C3)nn2c1=O. The molecule has 1 unspecified atom stereocenters. The minimum absolute atomic E-state index is 0.105. The lowest BCUT2D eigenvalue weighted by Crippen LogP contribution is -2.41. The Balaban J connectivity index is 1.98. The zero-order valence-electron chi connectivity index (χ0n) is 12.3. The number of hydrogen-bond donors (Lipinski definition) is 0. The monoisotopic (exact) mass is 324 g/mol. The first-order chi connectivity index (χ1) is 10.6. The van der Waals surface area contributed by atoms with Gasteiger partial charge in [-0.3, -0.25) is 4.79 Å². The van der Waals surface area contributed by atoms with Gasteiger partial charge in [0.25, 0.3) is 5.56 Å². The molecule has 1 atom stereocenters. The maximum atomic E-state index is 12.3. The minimum atomic E-state index is -0.677. The van der Waals surface area contributed by atoms with Gasteiger partial charge in [0, 0.05) is 13.1 Å². The zero-order chi connectivity index (χ0) is 15.7. The van der Waals surface area contributed by atoms with Crippen LogP contribution in [0.1, 0.15) is 24.2 Å². The van der Waals surface area contributed by atoms with E-state index in [0.29, 0.717) is 29.8 Å². The van der Waals surface area contributed by atoms with E-state index in [1.165, 1.54) is 17.5 Å². The number of ether oxygens (including phenoxy) is 2. The van der Waals surface area contributed by atoms with Crippen LogP contribution in [0.3, 0.4) is 0 Å². The van der Waals surface area contributed by atoms with Crippen molar-refractivity contribution >= 4 is 27.4 Å². The van der Waals surface area contributed by atoms with E-state index in [4.69, 9.17) is 9.47 Å². The van der Waals surface area contributed by atoms with Crippen LogP contribution in [0.2, 0.25) is 0 Å². The first kappa shape index (κ1) is 14.9. The molecule has 118 valence electrons. The van der Waals surface area contributed by atoms with Gasteiger partial charge in [-0.05, 0) is 13.8 Å². The first-order valence-electron chi connectivity index (χ1n) is 7.02. The maximum Gasteiger partial charge on any atom is 0.345 e. The molecule has 2 aromatic rings. The summed E-state index contributed by atoms with van der Waals surface area (Å²) in [5.41, 5.74) is -0.612. The van der Waals surface area contributed by atoms with Gasteiger partial charge in [-0.1, -0.05) is 11.3 Å². The third-order valence-corrected chi connectivity index (χ3v) is 4.27. The Kier molecular flexibility index (Phi) is 4.08. The van der Waals surface area contributed by atoms with Crippen molar-refractivity contribution in [1.29, 1.82) is 0 Å². The quantitative estimate of drug-likeness (QED) is 0.762. The Morgan fingerprint density at radius 3 is 3.14 bits per heavy atom. The molecule has 0 aliphatic carbocycles. The van der Waals surface area contributed by atoms with Crippen LogP contribution < -0.4 is 10.5 Å². The molecule has 0 radical (unpaired) electrons. The van der Waals surface area contributed by atoms with Crippen molar-refractivity contribution in [2.75, 3.05) is 31.2 Å². The predicted molar refractivity (Wildman–Crippen MR) is 80.7 cm³/mol. The molecular weight excluding hydrogens is 308 g/mol. The van der Waals surface area contributed by atoms with Gasteiger partial charge in [0.2, 0.25) is 10.1 Å². The fourth-order valence-electron chi connectivity index (χ4n) is 2.24. The number of rotatable bonds is 3. The summed E-state index contributed by atoms with van der Waals surface area (Å²) in [6, 6.07) is 0. The number of anilines is 1. The molecule has 0 spiro atoms. The molecule has 0 amide bonds. The average Bonchev–Trinajstić information content (AvgIpc) is 2.93. The van der Waals surface area contributed by atoms with E-state index < -0.39 is 11.5 Å². The van der Waals surface area contributed by atoms with E-state index >= 15 is 0 Å².